The van der Waals surface area contributed by atoms with Crippen LogP contribution in [0.25, 0.3) is 21.6 Å². The first kappa shape index (κ1) is 33.4. The van der Waals surface area contributed by atoms with Gasteiger partial charge in [0.15, 0.2) is 17.0 Å². The van der Waals surface area contributed by atoms with E-state index in [9.17, 15) is 9.90 Å². The molecule has 6 rings (SSSR count). The van der Waals surface area contributed by atoms with Crippen molar-refractivity contribution in [2.75, 3.05) is 38.8 Å². The van der Waals surface area contributed by atoms with E-state index < -0.39 is 24.0 Å². The normalized spacial score (nSPS) is 17.4. The van der Waals surface area contributed by atoms with Gasteiger partial charge in [0.1, 0.15) is 35.8 Å². The number of hydrogen-bond donors (Lipinski definition) is 1. The molecule has 0 saturated carbocycles. The Balaban J connectivity index is 1.32. The number of carbonyl (C=O) groups is 1. The minimum atomic E-state index is -1.09. The van der Waals surface area contributed by atoms with Crippen LogP contribution in [0, 0.1) is 0 Å². The van der Waals surface area contributed by atoms with Crippen LogP contribution in [0.3, 0.4) is 0 Å². The predicted molar refractivity (Wildman–Crippen MR) is 180 cm³/mol. The predicted octanol–water partition coefficient (Wildman–Crippen LogP) is 5.16. The van der Waals surface area contributed by atoms with Crippen LogP contribution >= 0.6 is 0 Å². The van der Waals surface area contributed by atoms with E-state index in [1.165, 1.54) is 18.2 Å². The second-order valence-electron chi connectivity index (χ2n) is 11.4. The topological polar surface area (TPSA) is 170 Å². The van der Waals surface area contributed by atoms with Crippen LogP contribution in [0.2, 0.25) is 0 Å². The molecule has 3 aromatic carbocycles. The molecule has 0 spiro atoms. The van der Waals surface area contributed by atoms with E-state index in [-0.39, 0.29) is 37.8 Å². The van der Waals surface area contributed by atoms with Gasteiger partial charge in [0.05, 0.1) is 33.3 Å². The van der Waals surface area contributed by atoms with E-state index in [0.717, 1.165) is 16.7 Å². The van der Waals surface area contributed by atoms with Crippen molar-refractivity contribution in [2.24, 2.45) is 5.11 Å². The number of nitrogens with zero attached hydrogens (tertiary/aromatic N) is 8. The van der Waals surface area contributed by atoms with Gasteiger partial charge < -0.3 is 24.1 Å². The highest BCUT2D eigenvalue weighted by molar-refractivity contribution is 5.97. The van der Waals surface area contributed by atoms with Gasteiger partial charge in [-0.05, 0) is 46.5 Å². The Kier molecular flexibility index (Phi) is 10.0. The van der Waals surface area contributed by atoms with Gasteiger partial charge in [-0.2, -0.15) is 0 Å². The summed E-state index contributed by atoms with van der Waals surface area (Å²) in [6.07, 6.45) is 0.928. The quantitative estimate of drug-likeness (QED) is 0.0773. The van der Waals surface area contributed by atoms with Crippen molar-refractivity contribution in [1.29, 1.82) is 0 Å². The summed E-state index contributed by atoms with van der Waals surface area (Å²) in [6, 6.07) is 25.3. The van der Waals surface area contributed by atoms with Crippen LogP contribution in [0.4, 0.5) is 5.82 Å². The number of aliphatic hydroxyl groups excluding tert-OH is 1. The largest absolute Gasteiger partial charge is 0.497 e. The number of anilines is 1. The molecule has 14 nitrogen and oxygen atoms in total. The zero-order valence-corrected chi connectivity index (χ0v) is 27.3. The van der Waals surface area contributed by atoms with E-state index in [1.807, 2.05) is 78.9 Å². The summed E-state index contributed by atoms with van der Waals surface area (Å²) < 4.78 is 26.0. The van der Waals surface area contributed by atoms with Crippen molar-refractivity contribution < 1.29 is 28.8 Å². The first-order chi connectivity index (χ1) is 23.9. The van der Waals surface area contributed by atoms with E-state index >= 15 is 0 Å². The minimum absolute atomic E-state index is 0.0367. The highest BCUT2D eigenvalue weighted by Crippen LogP contribution is 2.43. The molecule has 1 saturated heterocycles. The molecule has 1 aliphatic heterocycles. The lowest BCUT2D eigenvalue weighted by atomic mass is 9.80. The molecular formula is C35H36N8O6. The molecule has 3 atom stereocenters. The van der Waals surface area contributed by atoms with Crippen molar-refractivity contribution in [2.45, 2.75) is 37.4 Å². The van der Waals surface area contributed by atoms with Gasteiger partial charge >= 0.3 is 0 Å². The van der Waals surface area contributed by atoms with Crippen LogP contribution in [-0.4, -0.2) is 76.7 Å². The Labute approximate surface area is 282 Å². The second-order valence-corrected chi connectivity index (χ2v) is 11.4. The number of benzene rings is 3. The van der Waals surface area contributed by atoms with Crippen molar-refractivity contribution in [3.8, 4) is 11.5 Å². The molecule has 14 heteroatoms. The Morgan fingerprint density at radius 3 is 2.22 bits per heavy atom. The fourth-order valence-corrected chi connectivity index (χ4v) is 6.17. The van der Waals surface area contributed by atoms with Gasteiger partial charge in [-0.15, -0.1) is 0 Å². The molecule has 1 amide bonds. The number of imidazole rings is 1. The molecule has 0 aliphatic carbocycles. The fraction of sp³-hybridized carbons (Fsp3) is 0.314. The van der Waals surface area contributed by atoms with Crippen molar-refractivity contribution in [1.82, 2.24) is 19.5 Å². The molecule has 2 aromatic heterocycles. The minimum Gasteiger partial charge on any atom is -0.497 e. The average molecular weight is 665 g/mol. The molecule has 252 valence electrons. The highest BCUT2D eigenvalue weighted by atomic mass is 16.6. The fourth-order valence-electron chi connectivity index (χ4n) is 6.17. The molecule has 3 heterocycles. The van der Waals surface area contributed by atoms with E-state index in [4.69, 9.17) is 24.5 Å². The third kappa shape index (κ3) is 6.62. The number of aromatic nitrogens is 4. The third-order valence-electron chi connectivity index (χ3n) is 8.61. The SMILES string of the molecule is COc1ccc(C(OC[C@H]2O[C@@H](n3cnc4c(N(CCN=[N+]=[N-])C(C)=O)ncnc43)C[C@@H]2O)(c2ccccc2)c2ccc(OC)cc2)cc1. The molecule has 1 fully saturated rings. The van der Waals surface area contributed by atoms with E-state index in [0.29, 0.717) is 22.7 Å². The number of carbonyl (C=O) groups excluding carboxylic acids is 1. The molecule has 49 heavy (non-hydrogen) atoms. The third-order valence-corrected chi connectivity index (χ3v) is 8.61. The number of ether oxygens (including phenoxy) is 4. The first-order valence-corrected chi connectivity index (χ1v) is 15.7. The standard InChI is InChI=1S/C35H36N8O6/c1-23(44)42(18-17-40-41-36)33-32-34(38-21-37-33)43(22-39-32)31-19-29(45)30(49-31)20-48-35(24-7-5-4-6-8-24,25-9-13-27(46-2)14-10-25)26-11-15-28(47-3)16-12-26/h4-16,21-22,29-31,45H,17-20H2,1-3H3/t29-,30+,31+/m0/s1. The van der Waals surface area contributed by atoms with Crippen molar-refractivity contribution >= 4 is 22.9 Å². The van der Waals surface area contributed by atoms with Gasteiger partial charge in [0.2, 0.25) is 5.91 Å². The van der Waals surface area contributed by atoms with Crippen molar-refractivity contribution in [3.63, 3.8) is 0 Å². The van der Waals surface area contributed by atoms with Gasteiger partial charge in [-0.3, -0.25) is 14.3 Å². The Morgan fingerprint density at radius 1 is 1.00 bits per heavy atom. The lowest BCUT2D eigenvalue weighted by Crippen LogP contribution is -2.38. The zero-order chi connectivity index (χ0) is 34.4. The summed E-state index contributed by atoms with van der Waals surface area (Å²) in [5.74, 6) is 1.41. The van der Waals surface area contributed by atoms with E-state index in [1.54, 1.807) is 25.1 Å². The first-order valence-electron chi connectivity index (χ1n) is 15.7. The van der Waals surface area contributed by atoms with Crippen LogP contribution in [0.15, 0.2) is 96.6 Å². The molecular weight excluding hydrogens is 628 g/mol. The number of rotatable bonds is 13. The summed E-state index contributed by atoms with van der Waals surface area (Å²) in [6.45, 7) is 1.63. The number of fused-ring (bicyclic) bond motifs is 1. The monoisotopic (exact) mass is 664 g/mol. The maximum atomic E-state index is 12.5. The zero-order valence-electron chi connectivity index (χ0n) is 27.3. The lowest BCUT2D eigenvalue weighted by molar-refractivity contribution is -0.116. The van der Waals surface area contributed by atoms with Gasteiger partial charge in [0, 0.05) is 31.3 Å². The molecule has 0 radical (unpaired) electrons. The highest BCUT2D eigenvalue weighted by Gasteiger charge is 2.42. The molecule has 1 N–H and O–H groups in total. The summed E-state index contributed by atoms with van der Waals surface area (Å²) in [5.41, 5.74) is 11.0. The number of aliphatic hydroxyl groups is 1. The summed E-state index contributed by atoms with van der Waals surface area (Å²) in [7, 11) is 3.24. The summed E-state index contributed by atoms with van der Waals surface area (Å²) in [4.78, 5) is 29.8. The Morgan fingerprint density at radius 2 is 1.63 bits per heavy atom. The second kappa shape index (κ2) is 14.7. The van der Waals surface area contributed by atoms with Gasteiger partial charge in [-0.1, -0.05) is 59.7 Å². The lowest BCUT2D eigenvalue weighted by Gasteiger charge is -2.37. The maximum Gasteiger partial charge on any atom is 0.225 e. The smallest absolute Gasteiger partial charge is 0.225 e. The van der Waals surface area contributed by atoms with Gasteiger partial charge in [-0.25, -0.2) is 15.0 Å². The molecule has 0 unspecified atom stereocenters. The van der Waals surface area contributed by atoms with Gasteiger partial charge in [0.25, 0.3) is 0 Å². The molecule has 5 aromatic rings. The number of methoxy groups -OCH3 is 2. The molecule has 0 bridgehead atoms. The Bertz CT molecular complexity index is 1880. The van der Waals surface area contributed by atoms with Crippen molar-refractivity contribution in [3.05, 3.63) is 119 Å². The summed E-state index contributed by atoms with van der Waals surface area (Å²) in [5, 5.41) is 14.9. The van der Waals surface area contributed by atoms with Crippen LogP contribution in [-0.2, 0) is 19.9 Å². The van der Waals surface area contributed by atoms with Crippen LogP contribution in [0.5, 0.6) is 11.5 Å². The maximum absolute atomic E-state index is 12.5. The van der Waals surface area contributed by atoms with Crippen LogP contribution < -0.4 is 14.4 Å². The average Bonchev–Trinajstić information content (AvgIpc) is 3.74. The number of azide groups is 1. The molecule has 1 aliphatic rings. The Hall–Kier alpha value is -5.53. The number of amides is 1. The van der Waals surface area contributed by atoms with E-state index in [2.05, 4.69) is 25.0 Å². The van der Waals surface area contributed by atoms with Crippen LogP contribution in [0.1, 0.15) is 36.3 Å². The number of hydrogen-bond acceptors (Lipinski definition) is 10. The summed E-state index contributed by atoms with van der Waals surface area (Å²) >= 11 is 0.